The average Bonchev–Trinajstić information content (AvgIpc) is 3.06. The van der Waals surface area contributed by atoms with E-state index in [-0.39, 0.29) is 5.91 Å². The summed E-state index contributed by atoms with van der Waals surface area (Å²) >= 11 is 1.40. The second kappa shape index (κ2) is 9.66. The van der Waals surface area contributed by atoms with Crippen LogP contribution in [-0.2, 0) is 11.3 Å². The molecule has 0 unspecified atom stereocenters. The summed E-state index contributed by atoms with van der Waals surface area (Å²) in [7, 11) is 0. The number of carbonyl (C=O) groups is 1. The number of aromatic nitrogens is 1. The molecule has 140 valence electrons. The number of benzene rings is 1. The molecule has 0 radical (unpaired) electrons. The highest BCUT2D eigenvalue weighted by atomic mass is 32.1. The maximum absolute atomic E-state index is 12.4. The molecule has 2 heterocycles. The minimum atomic E-state index is -0.0482. The molecule has 1 fully saturated rings. The number of nitrogens with zero attached hydrogens (tertiary/aromatic N) is 2. The summed E-state index contributed by atoms with van der Waals surface area (Å²) in [5.74, 6) is 0.752. The zero-order valence-electron chi connectivity index (χ0n) is 15.1. The Bertz CT molecular complexity index is 699. The first-order valence-corrected chi connectivity index (χ1v) is 9.76. The third-order valence-electron chi connectivity index (χ3n) is 4.19. The van der Waals surface area contributed by atoms with Gasteiger partial charge in [0.2, 0.25) is 0 Å². The third kappa shape index (κ3) is 5.52. The topological polar surface area (TPSA) is 63.7 Å². The van der Waals surface area contributed by atoms with Crippen molar-refractivity contribution in [2.24, 2.45) is 0 Å². The number of carbonyl (C=O) groups excluding carboxylic acids is 1. The average molecular weight is 375 g/mol. The Hall–Kier alpha value is -1.96. The van der Waals surface area contributed by atoms with Gasteiger partial charge in [-0.05, 0) is 32.0 Å². The minimum absolute atomic E-state index is 0.0482. The number of hydrogen-bond acceptors (Lipinski definition) is 6. The van der Waals surface area contributed by atoms with Crippen molar-refractivity contribution in [2.75, 3.05) is 39.4 Å². The summed E-state index contributed by atoms with van der Waals surface area (Å²) in [6.07, 6.45) is 0.938. The highest BCUT2D eigenvalue weighted by molar-refractivity contribution is 7.13. The quantitative estimate of drug-likeness (QED) is 0.718. The van der Waals surface area contributed by atoms with Gasteiger partial charge < -0.3 is 14.8 Å². The number of nitrogens with one attached hydrogen (secondary N) is 1. The summed E-state index contributed by atoms with van der Waals surface area (Å²) in [6.45, 7) is 7.47. The Kier molecular flexibility index (Phi) is 6.99. The molecule has 3 rings (SSSR count). The number of amides is 1. The molecule has 0 saturated carbocycles. The van der Waals surface area contributed by atoms with Crippen LogP contribution < -0.4 is 10.1 Å². The van der Waals surface area contributed by atoms with E-state index in [1.54, 1.807) is 0 Å². The molecule has 7 heteroatoms. The lowest BCUT2D eigenvalue weighted by atomic mass is 10.3. The van der Waals surface area contributed by atoms with Crippen LogP contribution in [0, 0.1) is 6.92 Å². The molecular weight excluding hydrogens is 350 g/mol. The van der Waals surface area contributed by atoms with Gasteiger partial charge in [-0.25, -0.2) is 4.98 Å². The van der Waals surface area contributed by atoms with Gasteiger partial charge in [0, 0.05) is 19.6 Å². The first kappa shape index (κ1) is 18.8. The molecule has 0 bridgehead atoms. The lowest BCUT2D eigenvalue weighted by Crippen LogP contribution is -2.38. The monoisotopic (exact) mass is 375 g/mol. The predicted octanol–water partition coefficient (Wildman–Crippen LogP) is 2.48. The molecule has 2 aromatic rings. The van der Waals surface area contributed by atoms with Crippen LogP contribution in [0.5, 0.6) is 5.75 Å². The van der Waals surface area contributed by atoms with E-state index in [9.17, 15) is 4.79 Å². The first-order valence-electron chi connectivity index (χ1n) is 8.95. The van der Waals surface area contributed by atoms with Crippen molar-refractivity contribution < 1.29 is 14.3 Å². The van der Waals surface area contributed by atoms with Gasteiger partial charge in [0.05, 0.1) is 18.9 Å². The van der Waals surface area contributed by atoms with Gasteiger partial charge in [-0.1, -0.05) is 18.2 Å². The van der Waals surface area contributed by atoms with Gasteiger partial charge in [0.1, 0.15) is 22.2 Å². The molecular formula is C19H25N3O3S. The Morgan fingerprint density at radius 3 is 2.85 bits per heavy atom. The Morgan fingerprint density at radius 2 is 2.08 bits per heavy atom. The number of ether oxygens (including phenoxy) is 2. The van der Waals surface area contributed by atoms with Crippen molar-refractivity contribution >= 4 is 17.2 Å². The molecule has 1 aromatic heterocycles. The van der Waals surface area contributed by atoms with Crippen molar-refractivity contribution in [2.45, 2.75) is 20.0 Å². The Morgan fingerprint density at radius 1 is 1.31 bits per heavy atom. The van der Waals surface area contributed by atoms with Crippen LogP contribution in [0.4, 0.5) is 0 Å². The van der Waals surface area contributed by atoms with Crippen LogP contribution in [0.2, 0.25) is 0 Å². The van der Waals surface area contributed by atoms with Crippen LogP contribution in [-0.4, -0.2) is 55.2 Å². The molecule has 1 aliphatic rings. The van der Waals surface area contributed by atoms with E-state index in [1.807, 2.05) is 37.3 Å². The number of aryl methyl sites for hydroxylation is 1. The van der Waals surface area contributed by atoms with E-state index >= 15 is 0 Å². The predicted molar refractivity (Wildman–Crippen MR) is 102 cm³/mol. The van der Waals surface area contributed by atoms with E-state index in [1.165, 1.54) is 11.3 Å². The highest BCUT2D eigenvalue weighted by Gasteiger charge is 2.16. The summed E-state index contributed by atoms with van der Waals surface area (Å²) in [5.41, 5.74) is 0.757. The van der Waals surface area contributed by atoms with Crippen molar-refractivity contribution in [3.63, 3.8) is 0 Å². The number of morpholine rings is 1. The van der Waals surface area contributed by atoms with Gasteiger partial charge in [-0.15, -0.1) is 11.3 Å². The standard InChI is InChI=1S/C19H25N3O3S/c1-15-18(19(23)20-8-5-9-22-10-12-24-13-11-22)26-17(21-15)14-25-16-6-3-2-4-7-16/h2-4,6-7H,5,8-14H2,1H3,(H,20,23). The number of para-hydroxylation sites is 1. The first-order chi connectivity index (χ1) is 12.7. The fourth-order valence-electron chi connectivity index (χ4n) is 2.80. The molecule has 1 aromatic carbocycles. The van der Waals surface area contributed by atoms with Crippen LogP contribution in [0.1, 0.15) is 26.8 Å². The smallest absolute Gasteiger partial charge is 0.263 e. The second-order valence-corrected chi connectivity index (χ2v) is 7.27. The van der Waals surface area contributed by atoms with E-state index in [4.69, 9.17) is 9.47 Å². The maximum atomic E-state index is 12.4. The highest BCUT2D eigenvalue weighted by Crippen LogP contribution is 2.20. The Labute approximate surface area is 158 Å². The summed E-state index contributed by atoms with van der Waals surface area (Å²) in [4.78, 5) is 19.9. The van der Waals surface area contributed by atoms with Gasteiger partial charge in [-0.3, -0.25) is 9.69 Å². The van der Waals surface area contributed by atoms with Crippen molar-refractivity contribution in [3.8, 4) is 5.75 Å². The van der Waals surface area contributed by atoms with Crippen LogP contribution >= 0.6 is 11.3 Å². The largest absolute Gasteiger partial charge is 0.486 e. The van der Waals surface area contributed by atoms with E-state index in [2.05, 4.69) is 15.2 Å². The molecule has 1 aliphatic heterocycles. The SMILES string of the molecule is Cc1nc(COc2ccccc2)sc1C(=O)NCCCN1CCOCC1. The van der Waals surface area contributed by atoms with Crippen molar-refractivity contribution in [1.29, 1.82) is 0 Å². The van der Waals surface area contributed by atoms with Crippen LogP contribution in [0.25, 0.3) is 0 Å². The second-order valence-electron chi connectivity index (χ2n) is 6.19. The van der Waals surface area contributed by atoms with Gasteiger partial charge in [0.25, 0.3) is 5.91 Å². The van der Waals surface area contributed by atoms with E-state index in [0.29, 0.717) is 18.0 Å². The maximum Gasteiger partial charge on any atom is 0.263 e. The van der Waals surface area contributed by atoms with Crippen molar-refractivity contribution in [3.05, 3.63) is 45.9 Å². The summed E-state index contributed by atoms with van der Waals surface area (Å²) < 4.78 is 11.0. The zero-order valence-corrected chi connectivity index (χ0v) is 15.9. The lowest BCUT2D eigenvalue weighted by Gasteiger charge is -2.26. The lowest BCUT2D eigenvalue weighted by molar-refractivity contribution is 0.0374. The Balaban J connectivity index is 1.43. The third-order valence-corrected chi connectivity index (χ3v) is 5.32. The number of thiazole rings is 1. The molecule has 1 N–H and O–H groups in total. The van der Waals surface area contributed by atoms with Crippen LogP contribution in [0.3, 0.4) is 0 Å². The van der Waals surface area contributed by atoms with Gasteiger partial charge in [-0.2, -0.15) is 0 Å². The van der Waals surface area contributed by atoms with E-state index in [0.717, 1.165) is 55.7 Å². The van der Waals surface area contributed by atoms with Gasteiger partial charge >= 0.3 is 0 Å². The molecule has 26 heavy (non-hydrogen) atoms. The van der Waals surface area contributed by atoms with Crippen LogP contribution in [0.15, 0.2) is 30.3 Å². The fourth-order valence-corrected chi connectivity index (χ4v) is 3.69. The summed E-state index contributed by atoms with van der Waals surface area (Å²) in [6, 6.07) is 9.61. The normalized spacial score (nSPS) is 15.0. The van der Waals surface area contributed by atoms with Gasteiger partial charge in [0.15, 0.2) is 0 Å². The minimum Gasteiger partial charge on any atom is -0.486 e. The molecule has 0 spiro atoms. The number of hydrogen-bond donors (Lipinski definition) is 1. The molecule has 0 aliphatic carbocycles. The molecule has 1 amide bonds. The molecule has 1 saturated heterocycles. The van der Waals surface area contributed by atoms with E-state index < -0.39 is 0 Å². The fraction of sp³-hybridized carbons (Fsp3) is 0.474. The van der Waals surface area contributed by atoms with Crippen molar-refractivity contribution in [1.82, 2.24) is 15.2 Å². The number of rotatable bonds is 8. The zero-order chi connectivity index (χ0) is 18.2. The molecule has 6 nitrogen and oxygen atoms in total. The molecule has 0 atom stereocenters. The summed E-state index contributed by atoms with van der Waals surface area (Å²) in [5, 5.41) is 3.81.